The van der Waals surface area contributed by atoms with E-state index < -0.39 is 11.5 Å². The Balaban J connectivity index is 1.47. The van der Waals surface area contributed by atoms with E-state index in [0.29, 0.717) is 11.6 Å². The number of esters is 1. The minimum atomic E-state index is -0.745. The first kappa shape index (κ1) is 16.8. The highest BCUT2D eigenvalue weighted by atomic mass is 16.5. The number of pyridine rings is 1. The van der Waals surface area contributed by atoms with Crippen molar-refractivity contribution >= 4 is 11.8 Å². The van der Waals surface area contributed by atoms with Gasteiger partial charge >= 0.3 is 5.97 Å². The Hall–Kier alpha value is -2.63. The number of ether oxygens (including phenoxy) is 1. The third-order valence-electron chi connectivity index (χ3n) is 5.34. The molecule has 6 heteroatoms. The highest BCUT2D eigenvalue weighted by Gasteiger charge is 2.28. The summed E-state index contributed by atoms with van der Waals surface area (Å²) in [5.41, 5.74) is 3.96. The third kappa shape index (κ3) is 2.89. The molecule has 1 N–H and O–H groups in total. The molecule has 0 unspecified atom stereocenters. The molecule has 1 fully saturated rings. The van der Waals surface area contributed by atoms with Crippen LogP contribution >= 0.6 is 0 Å². The minimum absolute atomic E-state index is 0.0260. The monoisotopic (exact) mass is 354 g/mol. The summed E-state index contributed by atoms with van der Waals surface area (Å²) in [6, 6.07) is 3.95. The van der Waals surface area contributed by atoms with Gasteiger partial charge in [-0.15, -0.1) is 0 Å². The molecule has 0 atom stereocenters. The number of H-pyrrole nitrogens is 1. The number of aromatic amines is 1. The van der Waals surface area contributed by atoms with Crippen molar-refractivity contribution in [2.24, 2.45) is 0 Å². The first-order valence-corrected chi connectivity index (χ1v) is 9.09. The molecule has 6 nitrogen and oxygen atoms in total. The molecule has 2 heterocycles. The van der Waals surface area contributed by atoms with Crippen molar-refractivity contribution in [1.82, 2.24) is 9.55 Å². The summed E-state index contributed by atoms with van der Waals surface area (Å²) in [5, 5.41) is 0. The molecule has 26 heavy (non-hydrogen) atoms. The molecule has 0 radical (unpaired) electrons. The van der Waals surface area contributed by atoms with Gasteiger partial charge < -0.3 is 14.3 Å². The number of nitrogens with zero attached hydrogens (tertiary/aromatic N) is 1. The van der Waals surface area contributed by atoms with E-state index >= 15 is 0 Å². The van der Waals surface area contributed by atoms with Crippen LogP contribution < -0.4 is 5.56 Å². The van der Waals surface area contributed by atoms with Gasteiger partial charge in [-0.05, 0) is 63.6 Å². The van der Waals surface area contributed by atoms with E-state index in [2.05, 4.69) is 9.55 Å². The van der Waals surface area contributed by atoms with Crippen LogP contribution in [0.3, 0.4) is 0 Å². The van der Waals surface area contributed by atoms with Crippen LogP contribution in [0.4, 0.5) is 0 Å². The number of carbonyl (C=O) groups is 2. The SMILES string of the molecule is Cc1cc(C(=O)COC(=O)c2cc3c([nH]c2=O)CCC3)c(C)n1C1CC1. The number of rotatable bonds is 5. The molecule has 0 aromatic carbocycles. The molecule has 2 aromatic heterocycles. The first-order valence-electron chi connectivity index (χ1n) is 9.09. The summed E-state index contributed by atoms with van der Waals surface area (Å²) in [6.45, 7) is 3.55. The fourth-order valence-electron chi connectivity index (χ4n) is 3.91. The van der Waals surface area contributed by atoms with E-state index in [4.69, 9.17) is 4.74 Å². The Morgan fingerprint density at radius 3 is 2.69 bits per heavy atom. The second-order valence-electron chi connectivity index (χ2n) is 7.25. The fraction of sp³-hybridized carbons (Fsp3) is 0.450. The van der Waals surface area contributed by atoms with Gasteiger partial charge in [-0.3, -0.25) is 9.59 Å². The average Bonchev–Trinajstić information content (AvgIpc) is 3.25. The molecule has 0 spiro atoms. The molecule has 0 amide bonds. The van der Waals surface area contributed by atoms with E-state index in [9.17, 15) is 14.4 Å². The van der Waals surface area contributed by atoms with E-state index in [0.717, 1.165) is 54.7 Å². The van der Waals surface area contributed by atoms with Gasteiger partial charge in [0.05, 0.1) is 0 Å². The van der Waals surface area contributed by atoms with Crippen molar-refractivity contribution in [3.8, 4) is 0 Å². The summed E-state index contributed by atoms with van der Waals surface area (Å²) in [5.74, 6) is -0.985. The number of aryl methyl sites for hydroxylation is 3. The van der Waals surface area contributed by atoms with Gasteiger partial charge in [0.15, 0.2) is 6.61 Å². The molecule has 136 valence electrons. The second kappa shape index (κ2) is 6.27. The summed E-state index contributed by atoms with van der Waals surface area (Å²) < 4.78 is 7.33. The predicted octanol–water partition coefficient (Wildman–Crippen LogP) is 2.66. The Bertz CT molecular complexity index is 963. The number of hydrogen-bond acceptors (Lipinski definition) is 4. The molecule has 2 aliphatic rings. The smallest absolute Gasteiger partial charge is 0.344 e. The van der Waals surface area contributed by atoms with Crippen LogP contribution in [-0.2, 0) is 17.6 Å². The minimum Gasteiger partial charge on any atom is -0.454 e. The standard InChI is InChI=1S/C20H22N2O4/c1-11-8-15(12(2)22(11)14-6-7-14)18(23)10-26-20(25)16-9-13-4-3-5-17(13)21-19(16)24/h8-9,14H,3-7,10H2,1-2H3,(H,21,24). The van der Waals surface area contributed by atoms with Crippen LogP contribution in [0.25, 0.3) is 0 Å². The molecule has 4 rings (SSSR count). The van der Waals surface area contributed by atoms with E-state index in [1.54, 1.807) is 6.07 Å². The number of nitrogens with one attached hydrogen (secondary N) is 1. The Morgan fingerprint density at radius 2 is 1.96 bits per heavy atom. The van der Waals surface area contributed by atoms with Crippen LogP contribution in [0.1, 0.15) is 68.7 Å². The van der Waals surface area contributed by atoms with Crippen LogP contribution in [-0.4, -0.2) is 27.9 Å². The highest BCUT2D eigenvalue weighted by molar-refractivity contribution is 6.00. The lowest BCUT2D eigenvalue weighted by molar-refractivity contribution is 0.0472. The van der Waals surface area contributed by atoms with Gasteiger partial charge in [-0.25, -0.2) is 4.79 Å². The van der Waals surface area contributed by atoms with Gasteiger partial charge in [0.1, 0.15) is 5.56 Å². The van der Waals surface area contributed by atoms with Gasteiger partial charge in [-0.2, -0.15) is 0 Å². The van der Waals surface area contributed by atoms with Crippen LogP contribution in [0.15, 0.2) is 16.9 Å². The maximum atomic E-state index is 12.5. The summed E-state index contributed by atoms with van der Waals surface area (Å²) in [6.07, 6.45) is 4.92. The van der Waals surface area contributed by atoms with Gasteiger partial charge in [0.25, 0.3) is 5.56 Å². The van der Waals surface area contributed by atoms with Crippen molar-refractivity contribution in [3.63, 3.8) is 0 Å². The summed E-state index contributed by atoms with van der Waals surface area (Å²) in [7, 11) is 0. The lowest BCUT2D eigenvalue weighted by Crippen LogP contribution is -2.23. The van der Waals surface area contributed by atoms with Crippen molar-refractivity contribution < 1.29 is 14.3 Å². The largest absolute Gasteiger partial charge is 0.454 e. The van der Waals surface area contributed by atoms with Gasteiger partial charge in [-0.1, -0.05) is 0 Å². The fourth-order valence-corrected chi connectivity index (χ4v) is 3.91. The predicted molar refractivity (Wildman–Crippen MR) is 95.9 cm³/mol. The number of aromatic nitrogens is 2. The van der Waals surface area contributed by atoms with E-state index in [1.165, 1.54) is 0 Å². The molecular weight excluding hydrogens is 332 g/mol. The zero-order valence-corrected chi connectivity index (χ0v) is 15.1. The second-order valence-corrected chi connectivity index (χ2v) is 7.25. The number of carbonyl (C=O) groups excluding carboxylic acids is 2. The van der Waals surface area contributed by atoms with E-state index in [1.807, 2.05) is 19.9 Å². The Labute approximate surface area is 151 Å². The highest BCUT2D eigenvalue weighted by Crippen LogP contribution is 2.38. The molecule has 2 aromatic rings. The molecule has 0 saturated heterocycles. The topological polar surface area (TPSA) is 81.2 Å². The van der Waals surface area contributed by atoms with Crippen molar-refractivity contribution in [1.29, 1.82) is 0 Å². The first-order chi connectivity index (χ1) is 12.5. The van der Waals surface area contributed by atoms with Crippen LogP contribution in [0.2, 0.25) is 0 Å². The number of ketones is 1. The number of hydrogen-bond donors (Lipinski definition) is 1. The molecule has 2 aliphatic carbocycles. The quantitative estimate of drug-likeness (QED) is 0.661. The molecular formula is C20H22N2O4. The maximum Gasteiger partial charge on any atom is 0.344 e. The lowest BCUT2D eigenvalue weighted by Gasteiger charge is -2.08. The zero-order valence-electron chi connectivity index (χ0n) is 15.1. The Morgan fingerprint density at radius 1 is 1.19 bits per heavy atom. The van der Waals surface area contributed by atoms with Crippen molar-refractivity contribution in [2.45, 2.75) is 52.0 Å². The molecule has 1 saturated carbocycles. The molecule has 0 aliphatic heterocycles. The zero-order chi connectivity index (χ0) is 18.4. The van der Waals surface area contributed by atoms with Crippen LogP contribution in [0.5, 0.6) is 0 Å². The number of fused-ring (bicyclic) bond motifs is 1. The lowest BCUT2D eigenvalue weighted by atomic mass is 10.1. The van der Waals surface area contributed by atoms with Crippen molar-refractivity contribution in [2.75, 3.05) is 6.61 Å². The maximum absolute atomic E-state index is 12.5. The Kier molecular flexibility index (Phi) is 4.05. The third-order valence-corrected chi connectivity index (χ3v) is 5.34. The van der Waals surface area contributed by atoms with Gasteiger partial charge in [0, 0.05) is 28.7 Å². The van der Waals surface area contributed by atoms with Gasteiger partial charge in [0.2, 0.25) is 5.78 Å². The van der Waals surface area contributed by atoms with Crippen molar-refractivity contribution in [3.05, 3.63) is 56.3 Å². The number of Topliss-reactive ketones (excluding diaryl/α,β-unsaturated/α-hetero) is 1. The summed E-state index contributed by atoms with van der Waals surface area (Å²) in [4.78, 5) is 39.6. The average molecular weight is 354 g/mol. The van der Waals surface area contributed by atoms with Crippen LogP contribution in [0, 0.1) is 13.8 Å². The normalized spacial score (nSPS) is 15.8. The van der Waals surface area contributed by atoms with E-state index in [-0.39, 0.29) is 18.0 Å². The molecule has 0 bridgehead atoms. The summed E-state index contributed by atoms with van der Waals surface area (Å²) >= 11 is 0.